The van der Waals surface area contributed by atoms with Gasteiger partial charge in [0.25, 0.3) is 0 Å². The molecule has 0 aliphatic rings. The van der Waals surface area contributed by atoms with Crippen LogP contribution in [0.4, 0.5) is 0 Å². The number of carboxylic acids is 1. The van der Waals surface area contributed by atoms with Gasteiger partial charge in [-0.2, -0.15) is 0 Å². The van der Waals surface area contributed by atoms with Crippen molar-refractivity contribution in [2.75, 3.05) is 19.0 Å². The lowest BCUT2D eigenvalue weighted by atomic mass is 10.0. The molecule has 2 rings (SSSR count). The lowest BCUT2D eigenvalue weighted by Gasteiger charge is -2.14. The molecule has 2 aromatic rings. The molecule has 184 valence electrons. The highest BCUT2D eigenvalue weighted by Crippen LogP contribution is 2.33. The summed E-state index contributed by atoms with van der Waals surface area (Å²) in [5.41, 5.74) is 1.41. The number of benzene rings is 2. The number of carboxylic acid groups (broad SMARTS) is 1. The second-order valence-corrected chi connectivity index (χ2v) is 9.29. The minimum atomic E-state index is -0.916. The number of hydrogen-bond donors (Lipinski definition) is 2. The van der Waals surface area contributed by atoms with Crippen LogP contribution in [0.3, 0.4) is 0 Å². The van der Waals surface area contributed by atoms with Crippen molar-refractivity contribution >= 4 is 29.5 Å². The summed E-state index contributed by atoms with van der Waals surface area (Å²) in [6.07, 6.45) is 2.18. The molecule has 0 aliphatic carbocycles. The van der Waals surface area contributed by atoms with Crippen molar-refractivity contribution in [2.45, 2.75) is 51.3 Å². The van der Waals surface area contributed by atoms with Gasteiger partial charge in [-0.1, -0.05) is 20.3 Å². The van der Waals surface area contributed by atoms with Crippen molar-refractivity contribution in [1.29, 1.82) is 0 Å². The molecule has 0 bridgehead atoms. The van der Waals surface area contributed by atoms with E-state index in [0.29, 0.717) is 35.5 Å². The molecule has 0 heterocycles. The van der Waals surface area contributed by atoms with Gasteiger partial charge < -0.3 is 19.7 Å². The molecule has 2 N–H and O–H groups in total. The first-order valence-corrected chi connectivity index (χ1v) is 12.3. The molecule has 7 nitrogen and oxygen atoms in total. The molecule has 0 saturated carbocycles. The maximum Gasteiger partial charge on any atom is 0.338 e. The Morgan fingerprint density at radius 1 is 1.09 bits per heavy atom. The van der Waals surface area contributed by atoms with Crippen molar-refractivity contribution in [3.8, 4) is 11.5 Å². The Bertz CT molecular complexity index is 985. The van der Waals surface area contributed by atoms with Crippen molar-refractivity contribution in [3.63, 3.8) is 0 Å². The summed E-state index contributed by atoms with van der Waals surface area (Å²) in [6, 6.07) is 10.4. The van der Waals surface area contributed by atoms with Crippen molar-refractivity contribution < 1.29 is 34.1 Å². The largest absolute Gasteiger partial charge is 0.507 e. The minimum Gasteiger partial charge on any atom is -0.507 e. The molecule has 0 spiro atoms. The molecule has 0 saturated heterocycles. The number of phenolic OH excluding ortho intramolecular Hbond substituents is 1. The zero-order valence-electron chi connectivity index (χ0n) is 19.8. The van der Waals surface area contributed by atoms with Crippen molar-refractivity contribution in [2.24, 2.45) is 5.92 Å². The van der Waals surface area contributed by atoms with E-state index in [2.05, 4.69) is 0 Å². The fourth-order valence-electron chi connectivity index (χ4n) is 3.31. The lowest BCUT2D eigenvalue weighted by molar-refractivity contribution is -0.138. The number of phenols is 1. The maximum absolute atomic E-state index is 12.1. The highest BCUT2D eigenvalue weighted by Gasteiger charge is 2.16. The first-order valence-electron chi connectivity index (χ1n) is 11.3. The smallest absolute Gasteiger partial charge is 0.338 e. The molecule has 0 radical (unpaired) electrons. The quantitative estimate of drug-likeness (QED) is 0.158. The van der Waals surface area contributed by atoms with Crippen LogP contribution in [0, 0.1) is 5.92 Å². The van der Waals surface area contributed by atoms with E-state index in [1.54, 1.807) is 43.0 Å². The van der Waals surface area contributed by atoms with Crippen LogP contribution in [0.15, 0.2) is 41.3 Å². The Balaban J connectivity index is 1.79. The van der Waals surface area contributed by atoms with Crippen LogP contribution in [-0.2, 0) is 16.0 Å². The molecule has 0 amide bonds. The normalized spacial score (nSPS) is 11.6. The molecule has 2 aromatic carbocycles. The standard InChI is InChI=1S/C26H32O7S/c1-4-6-22-23(12-11-21(18(3)27)25(22)30)32-13-5-14-34-20-9-7-19(8-10-20)26(31)33-16-17(2)15-24(28)29/h7-12,17,30H,4-6,13-16H2,1-3H3,(H,28,29). The summed E-state index contributed by atoms with van der Waals surface area (Å²) in [4.78, 5) is 35.5. The van der Waals surface area contributed by atoms with Crippen LogP contribution in [-0.4, -0.2) is 46.9 Å². The predicted molar refractivity (Wildman–Crippen MR) is 131 cm³/mol. The number of Topliss-reactive ketones (excluding diaryl/α,β-unsaturated/α-hetero) is 1. The number of hydrogen-bond acceptors (Lipinski definition) is 7. The molecule has 0 fully saturated rings. The number of carbonyl (C=O) groups excluding carboxylic acids is 2. The van der Waals surface area contributed by atoms with Crippen LogP contribution < -0.4 is 4.74 Å². The van der Waals surface area contributed by atoms with Gasteiger partial charge in [0.15, 0.2) is 5.78 Å². The van der Waals surface area contributed by atoms with Gasteiger partial charge in [0.2, 0.25) is 0 Å². The molecule has 1 unspecified atom stereocenters. The Morgan fingerprint density at radius 2 is 1.79 bits per heavy atom. The lowest BCUT2D eigenvalue weighted by Crippen LogP contribution is -2.15. The van der Waals surface area contributed by atoms with Gasteiger partial charge >= 0.3 is 11.9 Å². The highest BCUT2D eigenvalue weighted by atomic mass is 32.2. The molecular weight excluding hydrogens is 456 g/mol. The van der Waals surface area contributed by atoms with Crippen molar-refractivity contribution in [3.05, 3.63) is 53.1 Å². The number of aromatic hydroxyl groups is 1. The summed E-state index contributed by atoms with van der Waals surface area (Å²) >= 11 is 1.63. The molecular formula is C26H32O7S. The number of carbonyl (C=O) groups is 3. The zero-order chi connectivity index (χ0) is 25.1. The Labute approximate surface area is 204 Å². The first kappa shape index (κ1) is 27.2. The van der Waals surface area contributed by atoms with Crippen LogP contribution in [0.2, 0.25) is 0 Å². The fourth-order valence-corrected chi connectivity index (χ4v) is 4.13. The Hall–Kier alpha value is -3.00. The maximum atomic E-state index is 12.1. The van der Waals surface area contributed by atoms with E-state index >= 15 is 0 Å². The minimum absolute atomic E-state index is 0.0104. The van der Waals surface area contributed by atoms with E-state index in [1.807, 2.05) is 19.1 Å². The number of ether oxygens (including phenoxy) is 2. The molecule has 34 heavy (non-hydrogen) atoms. The SMILES string of the molecule is CCCc1c(OCCCSc2ccc(C(=O)OCC(C)CC(=O)O)cc2)ccc(C(C)=O)c1O. The fraction of sp³-hybridized carbons (Fsp3) is 0.423. The van der Waals surface area contributed by atoms with E-state index in [4.69, 9.17) is 14.6 Å². The third kappa shape index (κ3) is 8.41. The number of rotatable bonds is 14. The number of esters is 1. The topological polar surface area (TPSA) is 110 Å². The number of thioether (sulfide) groups is 1. The Morgan fingerprint density at radius 3 is 2.41 bits per heavy atom. The number of ketones is 1. The molecule has 1 atom stereocenters. The summed E-state index contributed by atoms with van der Waals surface area (Å²) in [7, 11) is 0. The van der Waals surface area contributed by atoms with Crippen molar-refractivity contribution in [1.82, 2.24) is 0 Å². The van der Waals surface area contributed by atoms with Gasteiger partial charge in [0.1, 0.15) is 11.5 Å². The second kappa shape index (κ2) is 13.6. The summed E-state index contributed by atoms with van der Waals surface area (Å²) < 4.78 is 11.1. The van der Waals surface area contributed by atoms with E-state index < -0.39 is 11.9 Å². The second-order valence-electron chi connectivity index (χ2n) is 8.12. The third-order valence-electron chi connectivity index (χ3n) is 5.05. The zero-order valence-corrected chi connectivity index (χ0v) is 20.7. The first-order chi connectivity index (χ1) is 16.2. The van der Waals surface area contributed by atoms with Gasteiger partial charge in [0.05, 0.1) is 30.8 Å². The van der Waals surface area contributed by atoms with Crippen LogP contribution in [0.1, 0.15) is 66.3 Å². The van der Waals surface area contributed by atoms with E-state index in [-0.39, 0.29) is 30.5 Å². The summed E-state index contributed by atoms with van der Waals surface area (Å²) in [5, 5.41) is 19.2. The molecule has 0 aliphatic heterocycles. The summed E-state index contributed by atoms with van der Waals surface area (Å²) in [5.74, 6) is -0.384. The van der Waals surface area contributed by atoms with Gasteiger partial charge in [-0.25, -0.2) is 4.79 Å². The van der Waals surface area contributed by atoms with E-state index in [9.17, 15) is 19.5 Å². The van der Waals surface area contributed by atoms with Crippen LogP contribution >= 0.6 is 11.8 Å². The molecule has 0 aromatic heterocycles. The average molecular weight is 489 g/mol. The number of aliphatic carboxylic acids is 1. The van der Waals surface area contributed by atoms with Gasteiger partial charge in [-0.05, 0) is 56.2 Å². The monoisotopic (exact) mass is 488 g/mol. The van der Waals surface area contributed by atoms with Crippen LogP contribution in [0.25, 0.3) is 0 Å². The van der Waals surface area contributed by atoms with E-state index in [0.717, 1.165) is 23.5 Å². The van der Waals surface area contributed by atoms with Gasteiger partial charge in [-0.15, -0.1) is 11.8 Å². The van der Waals surface area contributed by atoms with Gasteiger partial charge in [0, 0.05) is 22.1 Å². The predicted octanol–water partition coefficient (Wildman–Crippen LogP) is 5.38. The Kier molecular flexibility index (Phi) is 10.9. The third-order valence-corrected chi connectivity index (χ3v) is 6.14. The van der Waals surface area contributed by atoms with Gasteiger partial charge in [-0.3, -0.25) is 9.59 Å². The van der Waals surface area contributed by atoms with Crippen LogP contribution in [0.5, 0.6) is 11.5 Å². The molecule has 8 heteroatoms. The van der Waals surface area contributed by atoms with E-state index in [1.165, 1.54) is 6.92 Å². The average Bonchev–Trinajstić information content (AvgIpc) is 2.79. The highest BCUT2D eigenvalue weighted by molar-refractivity contribution is 7.99. The summed E-state index contributed by atoms with van der Waals surface area (Å²) in [6.45, 7) is 5.70.